The number of ether oxygens (including phenoxy) is 2. The van der Waals surface area contributed by atoms with Gasteiger partial charge < -0.3 is 19.4 Å². The zero-order valence-electron chi connectivity index (χ0n) is 25.7. The average Bonchev–Trinajstić information content (AvgIpc) is 3.75. The number of imidazole rings is 1. The smallest absolute Gasteiger partial charge is 0.420 e. The molecule has 2 aromatic carbocycles. The highest BCUT2D eigenvalue weighted by molar-refractivity contribution is 6.20. The summed E-state index contributed by atoms with van der Waals surface area (Å²) in [5.41, 5.74) is 1.27. The summed E-state index contributed by atoms with van der Waals surface area (Å²) in [6, 6.07) is 10.6. The molecule has 8 rings (SSSR count). The van der Waals surface area contributed by atoms with Crippen LogP contribution in [0.2, 0.25) is 0 Å². The third kappa shape index (κ3) is 5.79. The van der Waals surface area contributed by atoms with Gasteiger partial charge in [0, 0.05) is 76.3 Å². The summed E-state index contributed by atoms with van der Waals surface area (Å²) in [6.07, 6.45) is 0.666. The standard InChI is InChI=1S/C33H22ClF5N8O3/c1-16-14-49-15-27-44-26-8-17(30(48)43-21-2-4-22(5-3-21)50-33(34,38)39)6-23(29(26)47(16)27)18-7-24-25(40-10-18)9-19-13-46(45-28(19)24)31-41-11-20(12-42-31)32(35,36)37/h2-8,10-13,16H,9,14-15H2,1H3,(H,43,48)/t16-/m1/s1. The first-order valence-corrected chi connectivity index (χ1v) is 15.5. The van der Waals surface area contributed by atoms with Gasteiger partial charge in [0.15, 0.2) is 0 Å². The van der Waals surface area contributed by atoms with Crippen LogP contribution in [-0.4, -0.2) is 52.4 Å². The number of alkyl halides is 6. The lowest BCUT2D eigenvalue weighted by Gasteiger charge is -2.23. The molecule has 5 heterocycles. The average molecular weight is 709 g/mol. The van der Waals surface area contributed by atoms with Crippen molar-refractivity contribution in [3.8, 4) is 34.1 Å². The number of hydrogen-bond acceptors (Lipinski definition) is 8. The summed E-state index contributed by atoms with van der Waals surface area (Å²) in [7, 11) is 0. The van der Waals surface area contributed by atoms with E-state index in [-0.39, 0.29) is 29.9 Å². The van der Waals surface area contributed by atoms with Crippen LogP contribution in [0.5, 0.6) is 5.75 Å². The summed E-state index contributed by atoms with van der Waals surface area (Å²) in [5.74, 6) is 0.0118. The second kappa shape index (κ2) is 11.6. The van der Waals surface area contributed by atoms with E-state index in [1.165, 1.54) is 28.9 Å². The quantitative estimate of drug-likeness (QED) is 0.143. The van der Waals surface area contributed by atoms with E-state index in [9.17, 15) is 26.7 Å². The van der Waals surface area contributed by atoms with Crippen molar-refractivity contribution in [1.82, 2.24) is 34.3 Å². The molecule has 11 nitrogen and oxygen atoms in total. The Morgan fingerprint density at radius 2 is 1.78 bits per heavy atom. The van der Waals surface area contributed by atoms with Crippen LogP contribution in [0.1, 0.15) is 46.0 Å². The molecule has 0 saturated carbocycles. The third-order valence-corrected chi connectivity index (χ3v) is 8.43. The largest absolute Gasteiger partial charge is 0.487 e. The fourth-order valence-electron chi connectivity index (χ4n) is 6.17. The van der Waals surface area contributed by atoms with Crippen molar-refractivity contribution < 1.29 is 36.2 Å². The first-order valence-electron chi connectivity index (χ1n) is 15.1. The lowest BCUT2D eigenvalue weighted by Crippen LogP contribution is -2.21. The van der Waals surface area contributed by atoms with Crippen LogP contribution in [0.4, 0.5) is 27.6 Å². The Hall–Kier alpha value is -5.48. The molecule has 0 saturated heterocycles. The first kappa shape index (κ1) is 31.8. The molecule has 1 aliphatic carbocycles. The van der Waals surface area contributed by atoms with Crippen LogP contribution in [0.25, 0.3) is 39.4 Å². The van der Waals surface area contributed by atoms with Crippen molar-refractivity contribution >= 4 is 34.2 Å². The van der Waals surface area contributed by atoms with E-state index in [4.69, 9.17) is 26.3 Å². The highest BCUT2D eigenvalue weighted by atomic mass is 35.5. The minimum atomic E-state index is -4.57. The molecule has 1 aliphatic heterocycles. The molecule has 4 aromatic heterocycles. The van der Waals surface area contributed by atoms with Gasteiger partial charge in [-0.3, -0.25) is 9.78 Å². The number of amides is 1. The van der Waals surface area contributed by atoms with E-state index in [0.717, 1.165) is 16.8 Å². The summed E-state index contributed by atoms with van der Waals surface area (Å²) in [5, 5.41) is 7.37. The number of hydrogen-bond donors (Lipinski definition) is 1. The highest BCUT2D eigenvalue weighted by Gasteiger charge is 2.32. The van der Waals surface area contributed by atoms with Gasteiger partial charge in [0.05, 0.1) is 40.6 Å². The van der Waals surface area contributed by atoms with Gasteiger partial charge in [-0.05, 0) is 49.4 Å². The SMILES string of the molecule is C[C@@H]1COCc2nc3cc(C(=O)Nc4ccc(OC(F)(F)Cl)cc4)cc(-c4cnc5c(c4)-c4nn(-c6ncc(C(F)(F)F)cn6)cc4C5)c3n21. The van der Waals surface area contributed by atoms with E-state index in [1.807, 2.05) is 13.0 Å². The van der Waals surface area contributed by atoms with Crippen LogP contribution >= 0.6 is 11.6 Å². The molecule has 0 unspecified atom stereocenters. The maximum atomic E-state index is 13.6. The van der Waals surface area contributed by atoms with Crippen molar-refractivity contribution in [3.05, 3.63) is 95.5 Å². The molecule has 17 heteroatoms. The van der Waals surface area contributed by atoms with Crippen LogP contribution in [-0.2, 0) is 23.9 Å². The number of nitrogens with one attached hydrogen (secondary N) is 1. The van der Waals surface area contributed by atoms with Crippen LogP contribution in [0, 0.1) is 0 Å². The number of rotatable bonds is 6. The molecule has 0 bridgehead atoms. The molecule has 0 fully saturated rings. The molecular formula is C33H22ClF5N8O3. The predicted octanol–water partition coefficient (Wildman–Crippen LogP) is 7.18. The van der Waals surface area contributed by atoms with E-state index < -0.39 is 23.2 Å². The fraction of sp³-hybridized carbons (Fsp3) is 0.212. The van der Waals surface area contributed by atoms with Gasteiger partial charge in [-0.1, -0.05) is 0 Å². The molecule has 6 aromatic rings. The van der Waals surface area contributed by atoms with Gasteiger partial charge >= 0.3 is 11.7 Å². The zero-order chi connectivity index (χ0) is 34.9. The number of pyridine rings is 1. The topological polar surface area (TPSA) is 122 Å². The first-order chi connectivity index (χ1) is 23.8. The molecule has 254 valence electrons. The summed E-state index contributed by atoms with van der Waals surface area (Å²) < 4.78 is 78.7. The summed E-state index contributed by atoms with van der Waals surface area (Å²) in [6.45, 7) is 2.75. The lowest BCUT2D eigenvalue weighted by molar-refractivity contribution is -0.138. The van der Waals surface area contributed by atoms with Gasteiger partial charge in [0.1, 0.15) is 18.2 Å². The maximum absolute atomic E-state index is 13.6. The molecule has 1 atom stereocenters. The Bertz CT molecular complexity index is 2300. The lowest BCUT2D eigenvalue weighted by atomic mass is 9.99. The number of benzene rings is 2. The van der Waals surface area contributed by atoms with Gasteiger partial charge in [-0.2, -0.15) is 18.3 Å². The van der Waals surface area contributed by atoms with Crippen molar-refractivity contribution in [3.63, 3.8) is 0 Å². The van der Waals surface area contributed by atoms with Crippen LogP contribution in [0.3, 0.4) is 0 Å². The Kier molecular flexibility index (Phi) is 7.34. The van der Waals surface area contributed by atoms with E-state index in [2.05, 4.69) is 29.7 Å². The van der Waals surface area contributed by atoms with Crippen molar-refractivity contribution in [2.24, 2.45) is 0 Å². The number of fused-ring (bicyclic) bond motifs is 6. The zero-order valence-corrected chi connectivity index (χ0v) is 26.4. The Morgan fingerprint density at radius 3 is 2.50 bits per heavy atom. The number of carbonyl (C=O) groups is 1. The Morgan fingerprint density at radius 1 is 1.02 bits per heavy atom. The minimum absolute atomic E-state index is 0.0141. The Labute approximate surface area is 283 Å². The van der Waals surface area contributed by atoms with Gasteiger partial charge in [-0.15, -0.1) is 8.78 Å². The number of nitrogens with zero attached hydrogens (tertiary/aromatic N) is 7. The molecule has 0 spiro atoms. The van der Waals surface area contributed by atoms with E-state index in [0.29, 0.717) is 64.8 Å². The second-order valence-electron chi connectivity index (χ2n) is 11.8. The molecule has 1 N–H and O–H groups in total. The molecule has 0 radical (unpaired) electrons. The third-order valence-electron chi connectivity index (χ3n) is 8.35. The molecule has 2 aliphatic rings. The van der Waals surface area contributed by atoms with E-state index >= 15 is 0 Å². The normalized spacial score (nSPS) is 15.5. The monoisotopic (exact) mass is 708 g/mol. The van der Waals surface area contributed by atoms with Crippen LogP contribution < -0.4 is 10.1 Å². The van der Waals surface area contributed by atoms with Gasteiger partial charge in [-0.25, -0.2) is 19.6 Å². The molecule has 50 heavy (non-hydrogen) atoms. The number of aromatic nitrogens is 7. The van der Waals surface area contributed by atoms with Crippen molar-refractivity contribution in [2.75, 3.05) is 11.9 Å². The summed E-state index contributed by atoms with van der Waals surface area (Å²) >= 11 is 4.85. The minimum Gasteiger partial charge on any atom is -0.420 e. The van der Waals surface area contributed by atoms with E-state index in [1.54, 1.807) is 24.5 Å². The number of carbonyl (C=O) groups excluding carboxylic acids is 1. The number of anilines is 1. The highest BCUT2D eigenvalue weighted by Crippen LogP contribution is 2.40. The van der Waals surface area contributed by atoms with Gasteiger partial charge in [0.25, 0.3) is 5.91 Å². The predicted molar refractivity (Wildman–Crippen MR) is 169 cm³/mol. The molecular weight excluding hydrogens is 687 g/mol. The van der Waals surface area contributed by atoms with Crippen LogP contribution in [0.15, 0.2) is 67.3 Å². The van der Waals surface area contributed by atoms with Gasteiger partial charge in [0.2, 0.25) is 5.95 Å². The summed E-state index contributed by atoms with van der Waals surface area (Å²) in [4.78, 5) is 30.8. The Balaban J connectivity index is 1.17. The fourth-order valence-corrected chi connectivity index (χ4v) is 6.26. The van der Waals surface area contributed by atoms with Crippen molar-refractivity contribution in [2.45, 2.75) is 37.7 Å². The van der Waals surface area contributed by atoms with Crippen molar-refractivity contribution in [1.29, 1.82) is 0 Å². The molecule has 1 amide bonds. The second-order valence-corrected chi connectivity index (χ2v) is 12.2. The maximum Gasteiger partial charge on any atom is 0.487 e. The number of halogens is 6.